The molecule has 0 radical (unpaired) electrons. The average molecular weight is 245 g/mol. The third-order valence-corrected chi connectivity index (χ3v) is 4.69. The quantitative estimate of drug-likeness (QED) is 0.676. The van der Waals surface area contributed by atoms with Crippen molar-refractivity contribution in [2.75, 3.05) is 24.7 Å². The van der Waals surface area contributed by atoms with E-state index in [-0.39, 0.29) is 0 Å². The van der Waals surface area contributed by atoms with Crippen LogP contribution in [0, 0.1) is 11.8 Å². The number of hydrogen-bond donors (Lipinski definition) is 2. The first-order chi connectivity index (χ1) is 7.75. The first-order valence-electron chi connectivity index (χ1n) is 6.67. The topological polar surface area (TPSA) is 32.3 Å². The summed E-state index contributed by atoms with van der Waals surface area (Å²) in [5.41, 5.74) is 0. The van der Waals surface area contributed by atoms with Crippen LogP contribution in [0.15, 0.2) is 0 Å². The molecule has 1 saturated carbocycles. The molecule has 0 saturated heterocycles. The summed E-state index contributed by atoms with van der Waals surface area (Å²) in [6, 6.07) is 0.729. The van der Waals surface area contributed by atoms with Crippen LogP contribution in [-0.4, -0.2) is 35.8 Å². The molecule has 1 rings (SSSR count). The van der Waals surface area contributed by atoms with Gasteiger partial charge in [-0.1, -0.05) is 20.3 Å². The summed E-state index contributed by atoms with van der Waals surface area (Å²) >= 11 is 1.95. The molecule has 0 amide bonds. The smallest absolute Gasteiger partial charge is 0.0438 e. The molecule has 96 valence electrons. The van der Waals surface area contributed by atoms with E-state index in [1.807, 2.05) is 11.8 Å². The molecule has 0 heterocycles. The monoisotopic (exact) mass is 245 g/mol. The normalized spacial score (nSPS) is 30.6. The summed E-state index contributed by atoms with van der Waals surface area (Å²) < 4.78 is 0. The summed E-state index contributed by atoms with van der Waals surface area (Å²) in [4.78, 5) is 0. The second kappa shape index (κ2) is 8.37. The first-order valence-corrected chi connectivity index (χ1v) is 7.83. The Bertz CT molecular complexity index is 167. The average Bonchev–Trinajstić information content (AvgIpc) is 2.26. The largest absolute Gasteiger partial charge is 0.396 e. The minimum Gasteiger partial charge on any atom is -0.396 e. The lowest BCUT2D eigenvalue weighted by atomic mass is 9.79. The number of nitrogens with one attached hydrogen (secondary N) is 1. The van der Waals surface area contributed by atoms with Crippen molar-refractivity contribution >= 4 is 11.8 Å². The molecule has 0 aliphatic heterocycles. The molecule has 2 nitrogen and oxygen atoms in total. The number of rotatable bonds is 7. The minimum atomic E-state index is 0.330. The van der Waals surface area contributed by atoms with Crippen LogP contribution >= 0.6 is 11.8 Å². The van der Waals surface area contributed by atoms with Crippen molar-refractivity contribution in [1.29, 1.82) is 0 Å². The highest BCUT2D eigenvalue weighted by Crippen LogP contribution is 2.28. The Kier molecular flexibility index (Phi) is 7.50. The third-order valence-electron chi connectivity index (χ3n) is 3.62. The number of thioether (sulfide) groups is 1. The molecule has 1 aliphatic rings. The molecular formula is C13H27NOS. The van der Waals surface area contributed by atoms with Crippen molar-refractivity contribution in [3.63, 3.8) is 0 Å². The van der Waals surface area contributed by atoms with Crippen LogP contribution < -0.4 is 5.32 Å². The van der Waals surface area contributed by atoms with Crippen LogP contribution in [0.1, 0.15) is 39.5 Å². The summed E-state index contributed by atoms with van der Waals surface area (Å²) in [6.45, 7) is 6.21. The Balaban J connectivity index is 2.06. The number of hydrogen-bond acceptors (Lipinski definition) is 3. The molecule has 0 bridgehead atoms. The lowest BCUT2D eigenvalue weighted by Gasteiger charge is -2.35. The maximum absolute atomic E-state index is 8.67. The van der Waals surface area contributed by atoms with Gasteiger partial charge in [0.2, 0.25) is 0 Å². The molecule has 0 aromatic carbocycles. The summed E-state index contributed by atoms with van der Waals surface area (Å²) in [7, 11) is 0. The zero-order valence-corrected chi connectivity index (χ0v) is 11.6. The fraction of sp³-hybridized carbons (Fsp3) is 1.00. The number of aliphatic hydroxyl groups is 1. The third kappa shape index (κ3) is 5.07. The van der Waals surface area contributed by atoms with Gasteiger partial charge in [-0.15, -0.1) is 0 Å². The molecule has 0 aromatic heterocycles. The van der Waals surface area contributed by atoms with Gasteiger partial charge in [-0.3, -0.25) is 0 Å². The highest BCUT2D eigenvalue weighted by atomic mass is 32.2. The zero-order chi connectivity index (χ0) is 11.8. The highest BCUT2D eigenvalue weighted by Gasteiger charge is 2.26. The lowest BCUT2D eigenvalue weighted by molar-refractivity contribution is 0.212. The molecular weight excluding hydrogens is 218 g/mol. The summed E-state index contributed by atoms with van der Waals surface area (Å²) in [6.07, 6.45) is 5.12. The van der Waals surface area contributed by atoms with Crippen molar-refractivity contribution in [1.82, 2.24) is 5.32 Å². The van der Waals surface area contributed by atoms with Gasteiger partial charge in [0.1, 0.15) is 0 Å². The molecule has 16 heavy (non-hydrogen) atoms. The first kappa shape index (κ1) is 14.3. The van der Waals surface area contributed by atoms with Gasteiger partial charge in [-0.25, -0.2) is 0 Å². The Morgan fingerprint density at radius 1 is 1.19 bits per heavy atom. The summed E-state index contributed by atoms with van der Waals surface area (Å²) in [5.74, 6) is 3.95. The van der Waals surface area contributed by atoms with Gasteiger partial charge in [-0.2, -0.15) is 11.8 Å². The van der Waals surface area contributed by atoms with Crippen molar-refractivity contribution in [2.24, 2.45) is 11.8 Å². The molecule has 3 heteroatoms. The van der Waals surface area contributed by atoms with Crippen LogP contribution in [0.25, 0.3) is 0 Å². The Hall–Kier alpha value is 0.270. The second-order valence-electron chi connectivity index (χ2n) is 5.05. The van der Waals surface area contributed by atoms with Crippen molar-refractivity contribution in [3.05, 3.63) is 0 Å². The van der Waals surface area contributed by atoms with E-state index >= 15 is 0 Å². The van der Waals surface area contributed by atoms with Gasteiger partial charge in [0.15, 0.2) is 0 Å². The minimum absolute atomic E-state index is 0.330. The van der Waals surface area contributed by atoms with E-state index in [0.29, 0.717) is 6.61 Å². The van der Waals surface area contributed by atoms with Crippen LogP contribution in [0.2, 0.25) is 0 Å². The Morgan fingerprint density at radius 3 is 2.50 bits per heavy atom. The molecule has 0 spiro atoms. The number of aliphatic hydroxyl groups excluding tert-OH is 1. The standard InChI is InChI=1S/C13H27NOS/c1-11-5-3-6-12(2)13(11)14-7-10-16-9-4-8-15/h11-15H,3-10H2,1-2H3. The van der Waals surface area contributed by atoms with Crippen LogP contribution in [0.4, 0.5) is 0 Å². The van der Waals surface area contributed by atoms with Crippen molar-refractivity contribution in [3.8, 4) is 0 Å². The van der Waals surface area contributed by atoms with Gasteiger partial charge < -0.3 is 10.4 Å². The van der Waals surface area contributed by atoms with E-state index in [1.54, 1.807) is 0 Å². The Morgan fingerprint density at radius 2 is 1.88 bits per heavy atom. The second-order valence-corrected chi connectivity index (χ2v) is 6.28. The van der Waals surface area contributed by atoms with E-state index in [1.165, 1.54) is 25.0 Å². The predicted molar refractivity (Wildman–Crippen MR) is 73.0 cm³/mol. The maximum atomic E-state index is 8.67. The zero-order valence-electron chi connectivity index (χ0n) is 10.7. The van der Waals surface area contributed by atoms with E-state index in [2.05, 4.69) is 19.2 Å². The maximum Gasteiger partial charge on any atom is 0.0438 e. The SMILES string of the molecule is CC1CCCC(C)C1NCCSCCCO. The Labute approximate surface area is 105 Å². The van der Waals surface area contributed by atoms with Crippen molar-refractivity contribution < 1.29 is 5.11 Å². The van der Waals surface area contributed by atoms with Crippen molar-refractivity contribution in [2.45, 2.75) is 45.6 Å². The van der Waals surface area contributed by atoms with Gasteiger partial charge in [0, 0.05) is 24.9 Å². The van der Waals surface area contributed by atoms with Gasteiger partial charge in [-0.05, 0) is 36.9 Å². The molecule has 2 N–H and O–H groups in total. The van der Waals surface area contributed by atoms with Gasteiger partial charge in [0.05, 0.1) is 0 Å². The predicted octanol–water partition coefficient (Wildman–Crippen LogP) is 2.52. The van der Waals surface area contributed by atoms with E-state index in [0.717, 1.165) is 36.6 Å². The molecule has 1 fully saturated rings. The lowest BCUT2D eigenvalue weighted by Crippen LogP contribution is -2.43. The van der Waals surface area contributed by atoms with Gasteiger partial charge >= 0.3 is 0 Å². The van der Waals surface area contributed by atoms with E-state index < -0.39 is 0 Å². The van der Waals surface area contributed by atoms with Crippen LogP contribution in [0.3, 0.4) is 0 Å². The fourth-order valence-corrected chi connectivity index (χ4v) is 3.45. The van der Waals surface area contributed by atoms with Gasteiger partial charge in [0.25, 0.3) is 0 Å². The molecule has 2 atom stereocenters. The summed E-state index contributed by atoms with van der Waals surface area (Å²) in [5, 5.41) is 12.4. The van der Waals surface area contributed by atoms with E-state index in [9.17, 15) is 0 Å². The molecule has 0 aromatic rings. The highest BCUT2D eigenvalue weighted by molar-refractivity contribution is 7.99. The van der Waals surface area contributed by atoms with Crippen LogP contribution in [0.5, 0.6) is 0 Å². The van der Waals surface area contributed by atoms with E-state index in [4.69, 9.17) is 5.11 Å². The van der Waals surface area contributed by atoms with Crippen LogP contribution in [-0.2, 0) is 0 Å². The fourth-order valence-electron chi connectivity index (χ4n) is 2.65. The molecule has 1 aliphatic carbocycles. The molecule has 2 unspecified atom stereocenters.